The summed E-state index contributed by atoms with van der Waals surface area (Å²) >= 11 is 5.78. The molecule has 0 atom stereocenters. The molecule has 1 aromatic rings. The van der Waals surface area contributed by atoms with Gasteiger partial charge in [0.05, 0.1) is 21.7 Å². The molecule has 0 aliphatic carbocycles. The Balaban J connectivity index is 2.79. The Hall–Kier alpha value is -1.82. The van der Waals surface area contributed by atoms with Crippen molar-refractivity contribution in [3.8, 4) is 0 Å². The number of anilines is 1. The number of nitrogens with one attached hydrogen (secondary N) is 1. The molecule has 7 heteroatoms. The minimum atomic E-state index is -0.657. The van der Waals surface area contributed by atoms with Crippen molar-refractivity contribution in [3.63, 3.8) is 0 Å². The fourth-order valence-corrected chi connectivity index (χ4v) is 1.29. The topological polar surface area (TPSA) is 81.5 Å². The van der Waals surface area contributed by atoms with Crippen LogP contribution in [0.2, 0.25) is 5.02 Å². The average Bonchev–Trinajstić information content (AvgIpc) is 2.19. The van der Waals surface area contributed by atoms with Gasteiger partial charge in [-0.05, 0) is 19.9 Å². The van der Waals surface area contributed by atoms with Gasteiger partial charge in [-0.2, -0.15) is 0 Å². The number of halogens is 1. The van der Waals surface area contributed by atoms with Crippen molar-refractivity contribution in [2.24, 2.45) is 0 Å². The van der Waals surface area contributed by atoms with Crippen LogP contribution in [0, 0.1) is 10.1 Å². The van der Waals surface area contributed by atoms with Gasteiger partial charge in [-0.1, -0.05) is 11.6 Å². The van der Waals surface area contributed by atoms with Crippen LogP contribution in [0.4, 0.5) is 16.2 Å². The number of ether oxygens (including phenoxy) is 1. The van der Waals surface area contributed by atoms with Crippen LogP contribution in [0.1, 0.15) is 13.8 Å². The second-order valence-corrected chi connectivity index (χ2v) is 3.91. The third kappa shape index (κ3) is 3.92. The molecule has 92 valence electrons. The van der Waals surface area contributed by atoms with Gasteiger partial charge in [-0.15, -0.1) is 0 Å². The summed E-state index contributed by atoms with van der Waals surface area (Å²) in [5.74, 6) is 0. The minimum absolute atomic E-state index is 0.0832. The van der Waals surface area contributed by atoms with Crippen molar-refractivity contribution >= 4 is 29.1 Å². The molecule has 0 fully saturated rings. The molecule has 0 saturated heterocycles. The molecule has 0 bridgehead atoms. The molecule has 1 N–H and O–H groups in total. The normalized spacial score (nSPS) is 10.1. The first-order valence-corrected chi connectivity index (χ1v) is 5.19. The molecule has 0 aromatic heterocycles. The van der Waals surface area contributed by atoms with E-state index in [4.69, 9.17) is 16.3 Å². The lowest BCUT2D eigenvalue weighted by Crippen LogP contribution is -2.18. The van der Waals surface area contributed by atoms with Crippen LogP contribution < -0.4 is 5.32 Å². The van der Waals surface area contributed by atoms with Gasteiger partial charge in [0.2, 0.25) is 0 Å². The molecular weight excluding hydrogens is 248 g/mol. The number of nitrogens with zero attached hydrogens (tertiary/aromatic N) is 1. The highest BCUT2D eigenvalue weighted by atomic mass is 35.5. The molecule has 0 radical (unpaired) electrons. The second-order valence-electron chi connectivity index (χ2n) is 3.50. The molecule has 0 unspecified atom stereocenters. The van der Waals surface area contributed by atoms with E-state index in [1.807, 2.05) is 0 Å². The summed E-state index contributed by atoms with van der Waals surface area (Å²) in [6, 6.07) is 3.76. The van der Waals surface area contributed by atoms with Gasteiger partial charge in [0.15, 0.2) is 0 Å². The maximum atomic E-state index is 11.3. The molecule has 0 saturated carbocycles. The Kier molecular flexibility index (Phi) is 4.28. The number of hydrogen-bond donors (Lipinski definition) is 1. The molecule has 0 heterocycles. The summed E-state index contributed by atoms with van der Waals surface area (Å²) < 4.78 is 4.84. The van der Waals surface area contributed by atoms with E-state index >= 15 is 0 Å². The Morgan fingerprint density at radius 3 is 2.65 bits per heavy atom. The summed E-state index contributed by atoms with van der Waals surface area (Å²) in [6.45, 7) is 3.41. The second kappa shape index (κ2) is 5.49. The van der Waals surface area contributed by atoms with Crippen molar-refractivity contribution in [2.45, 2.75) is 20.0 Å². The van der Waals surface area contributed by atoms with Crippen molar-refractivity contribution < 1.29 is 14.5 Å². The highest BCUT2D eigenvalue weighted by molar-refractivity contribution is 6.33. The smallest absolute Gasteiger partial charge is 0.411 e. The fourth-order valence-electron chi connectivity index (χ4n) is 1.07. The Morgan fingerprint density at radius 1 is 1.53 bits per heavy atom. The molecule has 1 aromatic carbocycles. The van der Waals surface area contributed by atoms with E-state index in [9.17, 15) is 14.9 Å². The lowest BCUT2D eigenvalue weighted by Gasteiger charge is -2.10. The standard InChI is InChI=1S/C10H11ClN2O4/c1-6(2)17-10(14)12-9-4-3-7(13(15)16)5-8(9)11/h3-6H,1-2H3,(H,12,14). The van der Waals surface area contributed by atoms with Crippen molar-refractivity contribution in [1.29, 1.82) is 0 Å². The molecule has 0 aliphatic heterocycles. The Bertz CT molecular complexity index is 448. The summed E-state index contributed by atoms with van der Waals surface area (Å²) in [6.07, 6.45) is -0.914. The van der Waals surface area contributed by atoms with Crippen LogP contribution >= 0.6 is 11.6 Å². The maximum Gasteiger partial charge on any atom is 0.411 e. The number of hydrogen-bond acceptors (Lipinski definition) is 4. The SMILES string of the molecule is CC(C)OC(=O)Nc1ccc([N+](=O)[O-])cc1Cl. The quantitative estimate of drug-likeness (QED) is 0.667. The number of nitro benzene ring substituents is 1. The van der Waals surface area contributed by atoms with Gasteiger partial charge in [-0.3, -0.25) is 15.4 Å². The number of non-ortho nitro benzene ring substituents is 1. The van der Waals surface area contributed by atoms with E-state index in [1.54, 1.807) is 13.8 Å². The third-order valence-corrected chi connectivity index (χ3v) is 2.06. The van der Waals surface area contributed by atoms with Gasteiger partial charge >= 0.3 is 6.09 Å². The Labute approximate surface area is 103 Å². The van der Waals surface area contributed by atoms with Gasteiger partial charge < -0.3 is 4.74 Å². The number of carbonyl (C=O) groups excluding carboxylic acids is 1. The fraction of sp³-hybridized carbons (Fsp3) is 0.300. The predicted octanol–water partition coefficient (Wildman–Crippen LogP) is 3.21. The highest BCUT2D eigenvalue weighted by Gasteiger charge is 2.12. The van der Waals surface area contributed by atoms with Crippen LogP contribution in [0.5, 0.6) is 0 Å². The monoisotopic (exact) mass is 258 g/mol. The zero-order chi connectivity index (χ0) is 13.0. The van der Waals surface area contributed by atoms with Crippen LogP contribution in [0.3, 0.4) is 0 Å². The molecule has 1 amide bonds. The Morgan fingerprint density at radius 2 is 2.18 bits per heavy atom. The lowest BCUT2D eigenvalue weighted by molar-refractivity contribution is -0.384. The maximum absolute atomic E-state index is 11.3. The molecule has 0 aliphatic rings. The molecule has 1 rings (SSSR count). The molecule has 17 heavy (non-hydrogen) atoms. The van der Waals surface area contributed by atoms with E-state index in [1.165, 1.54) is 12.1 Å². The zero-order valence-electron chi connectivity index (χ0n) is 9.27. The van der Waals surface area contributed by atoms with Gasteiger partial charge in [0.25, 0.3) is 5.69 Å². The largest absolute Gasteiger partial charge is 0.447 e. The first-order chi connectivity index (χ1) is 7.90. The molecule has 0 spiro atoms. The van der Waals surface area contributed by atoms with E-state index in [0.29, 0.717) is 0 Å². The number of benzene rings is 1. The number of carbonyl (C=O) groups is 1. The number of rotatable bonds is 3. The van der Waals surface area contributed by atoms with Crippen molar-refractivity contribution in [1.82, 2.24) is 0 Å². The first-order valence-electron chi connectivity index (χ1n) is 4.81. The van der Waals surface area contributed by atoms with Gasteiger partial charge in [-0.25, -0.2) is 4.79 Å². The third-order valence-electron chi connectivity index (χ3n) is 1.74. The molecular formula is C10H11ClN2O4. The zero-order valence-corrected chi connectivity index (χ0v) is 10.0. The van der Waals surface area contributed by atoms with Gasteiger partial charge in [0, 0.05) is 12.1 Å². The van der Waals surface area contributed by atoms with E-state index in [0.717, 1.165) is 6.07 Å². The summed E-state index contributed by atoms with van der Waals surface area (Å²) in [5, 5.41) is 12.9. The van der Waals surface area contributed by atoms with Crippen LogP contribution in [0.25, 0.3) is 0 Å². The average molecular weight is 259 g/mol. The van der Waals surface area contributed by atoms with E-state index in [-0.39, 0.29) is 22.5 Å². The van der Waals surface area contributed by atoms with Crippen molar-refractivity contribution in [2.75, 3.05) is 5.32 Å². The first kappa shape index (κ1) is 13.2. The summed E-state index contributed by atoms with van der Waals surface area (Å²) in [7, 11) is 0. The van der Waals surface area contributed by atoms with Crippen LogP contribution in [-0.4, -0.2) is 17.1 Å². The van der Waals surface area contributed by atoms with Crippen LogP contribution in [-0.2, 0) is 4.74 Å². The van der Waals surface area contributed by atoms with Crippen LogP contribution in [0.15, 0.2) is 18.2 Å². The number of amides is 1. The lowest BCUT2D eigenvalue weighted by atomic mass is 10.3. The number of nitro groups is 1. The van der Waals surface area contributed by atoms with E-state index < -0.39 is 11.0 Å². The van der Waals surface area contributed by atoms with E-state index in [2.05, 4.69) is 5.32 Å². The summed E-state index contributed by atoms with van der Waals surface area (Å²) in [4.78, 5) is 21.2. The van der Waals surface area contributed by atoms with Gasteiger partial charge in [0.1, 0.15) is 0 Å². The summed E-state index contributed by atoms with van der Waals surface area (Å²) in [5.41, 5.74) is 0.126. The highest BCUT2D eigenvalue weighted by Crippen LogP contribution is 2.26. The molecule has 6 nitrogen and oxygen atoms in total. The van der Waals surface area contributed by atoms with Crippen molar-refractivity contribution in [3.05, 3.63) is 33.3 Å². The minimum Gasteiger partial charge on any atom is -0.447 e. The predicted molar refractivity (Wildman–Crippen MR) is 63.3 cm³/mol.